The van der Waals surface area contributed by atoms with Gasteiger partial charge in [-0.1, -0.05) is 0 Å². The molecule has 0 aliphatic heterocycles. The molecule has 1 aliphatic rings. The molecule has 0 aromatic carbocycles. The molecular weight excluding hydrogens is 195 g/mol. The molecule has 0 unspecified atom stereocenters. The first kappa shape index (κ1) is 9.58. The van der Waals surface area contributed by atoms with Crippen LogP contribution in [0.5, 0.6) is 0 Å². The average Bonchev–Trinajstić information content (AvgIpc) is 2.46. The second-order valence-corrected chi connectivity index (χ2v) is 3.67. The smallest absolute Gasteiger partial charge is 0.449 e. The molecule has 78 valence electrons. The third-order valence-corrected chi connectivity index (χ3v) is 2.62. The zero-order valence-electron chi connectivity index (χ0n) is 7.40. The summed E-state index contributed by atoms with van der Waals surface area (Å²) >= 11 is 0. The topological polar surface area (TPSA) is 39.2 Å². The maximum absolute atomic E-state index is 12.2. The van der Waals surface area contributed by atoms with Gasteiger partial charge in [0.2, 0.25) is 5.76 Å². The van der Waals surface area contributed by atoms with E-state index in [4.69, 9.17) is 10.2 Å². The van der Waals surface area contributed by atoms with Crippen molar-refractivity contribution in [2.75, 3.05) is 0 Å². The Bertz CT molecular complexity index is 338. The van der Waals surface area contributed by atoms with Gasteiger partial charge in [-0.15, -0.1) is 0 Å². The van der Waals surface area contributed by atoms with Gasteiger partial charge in [0.15, 0.2) is 0 Å². The molecule has 0 bridgehead atoms. The molecule has 2 rings (SSSR count). The van der Waals surface area contributed by atoms with E-state index >= 15 is 0 Å². The summed E-state index contributed by atoms with van der Waals surface area (Å²) in [7, 11) is 0. The normalized spacial score (nSPS) is 20.6. The quantitative estimate of drug-likeness (QED) is 0.765. The Kier molecular flexibility index (Phi) is 1.89. The third kappa shape index (κ3) is 1.41. The average molecular weight is 205 g/mol. The van der Waals surface area contributed by atoms with Gasteiger partial charge in [0.25, 0.3) is 0 Å². The Morgan fingerprint density at radius 3 is 2.29 bits per heavy atom. The highest BCUT2D eigenvalue weighted by Crippen LogP contribution is 2.41. The highest BCUT2D eigenvalue weighted by molar-refractivity contribution is 5.19. The van der Waals surface area contributed by atoms with Crippen LogP contribution in [0.3, 0.4) is 0 Å². The van der Waals surface area contributed by atoms with Crippen molar-refractivity contribution in [2.24, 2.45) is 5.73 Å². The number of alkyl halides is 3. The van der Waals surface area contributed by atoms with Crippen LogP contribution in [0.25, 0.3) is 0 Å². The largest absolute Gasteiger partial charge is 0.455 e. The highest BCUT2D eigenvalue weighted by atomic mass is 19.4. The fourth-order valence-electron chi connectivity index (χ4n) is 1.56. The lowest BCUT2D eigenvalue weighted by Gasteiger charge is -2.35. The summed E-state index contributed by atoms with van der Waals surface area (Å²) in [4.78, 5) is 0. The molecule has 0 saturated heterocycles. The maximum Gasteiger partial charge on any atom is 0.449 e. The molecule has 1 saturated carbocycles. The molecular formula is C9H10F3NO. The second-order valence-electron chi connectivity index (χ2n) is 3.67. The first-order chi connectivity index (χ1) is 6.42. The van der Waals surface area contributed by atoms with E-state index in [1.54, 1.807) is 0 Å². The molecule has 1 aliphatic carbocycles. The summed E-state index contributed by atoms with van der Waals surface area (Å²) in [6.45, 7) is 0. The molecule has 0 radical (unpaired) electrons. The van der Waals surface area contributed by atoms with Crippen LogP contribution in [-0.4, -0.2) is 0 Å². The Labute approximate surface area is 78.9 Å². The van der Waals surface area contributed by atoms with Gasteiger partial charge in [-0.25, -0.2) is 0 Å². The minimum absolute atomic E-state index is 0.246. The molecule has 14 heavy (non-hydrogen) atoms. The molecule has 1 aromatic heterocycles. The Morgan fingerprint density at radius 1 is 1.29 bits per heavy atom. The van der Waals surface area contributed by atoms with Crippen molar-refractivity contribution in [3.8, 4) is 0 Å². The number of halogens is 3. The third-order valence-electron chi connectivity index (χ3n) is 2.62. The molecule has 1 aromatic rings. The van der Waals surface area contributed by atoms with Crippen LogP contribution in [-0.2, 0) is 11.7 Å². The van der Waals surface area contributed by atoms with Crippen molar-refractivity contribution in [3.05, 3.63) is 23.7 Å². The SMILES string of the molecule is NC1(c2ccc(C(F)(F)F)o2)CCC1. The van der Waals surface area contributed by atoms with Crippen LogP contribution in [0.15, 0.2) is 16.5 Å². The van der Waals surface area contributed by atoms with Crippen LogP contribution in [0.2, 0.25) is 0 Å². The van der Waals surface area contributed by atoms with Crippen molar-refractivity contribution in [3.63, 3.8) is 0 Å². The molecule has 1 heterocycles. The van der Waals surface area contributed by atoms with Crippen molar-refractivity contribution in [1.82, 2.24) is 0 Å². The summed E-state index contributed by atoms with van der Waals surface area (Å²) in [5.74, 6) is -0.722. The first-order valence-electron chi connectivity index (χ1n) is 4.38. The monoisotopic (exact) mass is 205 g/mol. The second kappa shape index (κ2) is 2.76. The van der Waals surface area contributed by atoms with Gasteiger partial charge in [0.1, 0.15) is 5.76 Å². The van der Waals surface area contributed by atoms with E-state index < -0.39 is 17.5 Å². The van der Waals surface area contributed by atoms with Gasteiger partial charge in [-0.05, 0) is 31.4 Å². The summed E-state index contributed by atoms with van der Waals surface area (Å²) in [5, 5.41) is 0. The number of hydrogen-bond donors (Lipinski definition) is 1. The lowest BCUT2D eigenvalue weighted by Crippen LogP contribution is -2.42. The predicted molar refractivity (Wildman–Crippen MR) is 43.4 cm³/mol. The summed E-state index contributed by atoms with van der Waals surface area (Å²) in [6, 6.07) is 2.25. The maximum atomic E-state index is 12.2. The Hall–Kier alpha value is -0.970. The van der Waals surface area contributed by atoms with Gasteiger partial charge in [-0.2, -0.15) is 13.2 Å². The minimum Gasteiger partial charge on any atom is -0.455 e. The number of hydrogen-bond acceptors (Lipinski definition) is 2. The Balaban J connectivity index is 2.26. The molecule has 0 spiro atoms. The van der Waals surface area contributed by atoms with Crippen molar-refractivity contribution in [1.29, 1.82) is 0 Å². The van der Waals surface area contributed by atoms with Gasteiger partial charge in [0.05, 0.1) is 5.54 Å². The van der Waals surface area contributed by atoms with E-state index in [2.05, 4.69) is 0 Å². The Morgan fingerprint density at radius 2 is 1.93 bits per heavy atom. The minimum atomic E-state index is -4.42. The zero-order chi connectivity index (χ0) is 10.4. The van der Waals surface area contributed by atoms with Crippen LogP contribution < -0.4 is 5.73 Å². The van der Waals surface area contributed by atoms with Gasteiger partial charge >= 0.3 is 6.18 Å². The number of nitrogens with two attached hydrogens (primary N) is 1. The van der Waals surface area contributed by atoms with E-state index in [9.17, 15) is 13.2 Å². The van der Waals surface area contributed by atoms with E-state index in [1.165, 1.54) is 6.07 Å². The highest BCUT2D eigenvalue weighted by Gasteiger charge is 2.41. The van der Waals surface area contributed by atoms with Crippen LogP contribution in [0.4, 0.5) is 13.2 Å². The fraction of sp³-hybridized carbons (Fsp3) is 0.556. The van der Waals surface area contributed by atoms with Crippen molar-refractivity contribution >= 4 is 0 Å². The predicted octanol–water partition coefficient (Wildman–Crippen LogP) is 2.64. The molecule has 0 amide bonds. The fourth-order valence-corrected chi connectivity index (χ4v) is 1.56. The van der Waals surface area contributed by atoms with Gasteiger partial charge < -0.3 is 10.2 Å². The zero-order valence-corrected chi connectivity index (χ0v) is 7.40. The van der Waals surface area contributed by atoms with Crippen LogP contribution >= 0.6 is 0 Å². The van der Waals surface area contributed by atoms with E-state index in [1.807, 2.05) is 0 Å². The van der Waals surface area contributed by atoms with Gasteiger partial charge in [-0.3, -0.25) is 0 Å². The summed E-state index contributed by atoms with van der Waals surface area (Å²) < 4.78 is 41.2. The lowest BCUT2D eigenvalue weighted by atomic mass is 9.76. The summed E-state index contributed by atoms with van der Waals surface area (Å²) in [6.07, 6.45) is -2.09. The molecule has 2 nitrogen and oxygen atoms in total. The lowest BCUT2D eigenvalue weighted by molar-refractivity contribution is -0.154. The molecule has 0 atom stereocenters. The first-order valence-corrected chi connectivity index (χ1v) is 4.38. The van der Waals surface area contributed by atoms with Gasteiger partial charge in [0, 0.05) is 0 Å². The molecule has 1 fully saturated rings. The van der Waals surface area contributed by atoms with E-state index in [0.29, 0.717) is 12.8 Å². The summed E-state index contributed by atoms with van der Waals surface area (Å²) in [5.41, 5.74) is 5.16. The van der Waals surface area contributed by atoms with Crippen molar-refractivity contribution < 1.29 is 17.6 Å². The van der Waals surface area contributed by atoms with Crippen LogP contribution in [0.1, 0.15) is 30.8 Å². The molecule has 5 heteroatoms. The van der Waals surface area contributed by atoms with E-state index in [0.717, 1.165) is 12.5 Å². The standard InChI is InChI=1S/C9H10F3NO/c10-9(11,12)7-3-2-6(14-7)8(13)4-1-5-8/h2-3H,1,4-5,13H2. The molecule has 2 N–H and O–H groups in total. The number of furan rings is 1. The van der Waals surface area contributed by atoms with Crippen molar-refractivity contribution in [2.45, 2.75) is 31.0 Å². The number of rotatable bonds is 1. The van der Waals surface area contributed by atoms with E-state index in [-0.39, 0.29) is 5.76 Å². The van der Waals surface area contributed by atoms with Crippen LogP contribution in [0, 0.1) is 0 Å².